The van der Waals surface area contributed by atoms with E-state index in [0.29, 0.717) is 6.42 Å². The van der Waals surface area contributed by atoms with Gasteiger partial charge < -0.3 is 20.1 Å². The molecule has 9 nitrogen and oxygen atoms in total. The molecule has 0 saturated heterocycles. The van der Waals surface area contributed by atoms with Crippen molar-refractivity contribution in [2.45, 2.75) is 270 Å². The van der Waals surface area contributed by atoms with Gasteiger partial charge in [-0.25, -0.2) is 4.57 Å². The van der Waals surface area contributed by atoms with Crippen LogP contribution in [0, 0.1) is 0 Å². The molecule has 10 heteroatoms. The summed E-state index contributed by atoms with van der Waals surface area (Å²) in [6.07, 6.45) is 55.3. The molecule has 0 aliphatic heterocycles. The van der Waals surface area contributed by atoms with Gasteiger partial charge in [0.05, 0.1) is 13.2 Å². The Morgan fingerprint density at radius 1 is 0.484 bits per heavy atom. The lowest BCUT2D eigenvalue weighted by Crippen LogP contribution is -2.29. The van der Waals surface area contributed by atoms with E-state index in [2.05, 4.69) is 38.2 Å². The third kappa shape index (κ3) is 48.0. The lowest BCUT2D eigenvalue weighted by Gasteiger charge is -2.19. The van der Waals surface area contributed by atoms with E-state index >= 15 is 0 Å². The van der Waals surface area contributed by atoms with Gasteiger partial charge >= 0.3 is 19.8 Å². The van der Waals surface area contributed by atoms with E-state index in [4.69, 9.17) is 24.3 Å². The van der Waals surface area contributed by atoms with E-state index in [1.165, 1.54) is 167 Å². The van der Waals surface area contributed by atoms with Crippen molar-refractivity contribution in [3.05, 3.63) is 24.3 Å². The van der Waals surface area contributed by atoms with E-state index in [0.717, 1.165) is 64.2 Å². The molecular weight excluding hydrogens is 798 g/mol. The summed E-state index contributed by atoms with van der Waals surface area (Å²) >= 11 is 0. The second-order valence-corrected chi connectivity index (χ2v) is 19.2. The summed E-state index contributed by atoms with van der Waals surface area (Å²) in [5.74, 6) is -0.833. The van der Waals surface area contributed by atoms with Crippen LogP contribution in [0.5, 0.6) is 0 Å². The van der Waals surface area contributed by atoms with Crippen molar-refractivity contribution < 1.29 is 37.6 Å². The predicted octanol–water partition coefficient (Wildman–Crippen LogP) is 15.9. The number of unbranched alkanes of at least 4 members (excludes halogenated alkanes) is 33. The molecule has 0 aromatic carbocycles. The Morgan fingerprint density at radius 3 is 1.29 bits per heavy atom. The molecule has 0 aromatic heterocycles. The minimum absolute atomic E-state index is 0.0526. The Labute approximate surface area is 382 Å². The van der Waals surface area contributed by atoms with Crippen LogP contribution in [0.3, 0.4) is 0 Å². The molecule has 0 aromatic rings. The van der Waals surface area contributed by atoms with Gasteiger partial charge in [0.1, 0.15) is 6.61 Å². The predicted molar refractivity (Wildman–Crippen MR) is 261 cm³/mol. The van der Waals surface area contributed by atoms with Crippen LogP contribution in [0.2, 0.25) is 0 Å². The highest BCUT2D eigenvalue weighted by atomic mass is 31.2. The molecule has 0 heterocycles. The Morgan fingerprint density at radius 2 is 0.871 bits per heavy atom. The number of hydrogen-bond donors (Lipinski definition) is 2. The number of phosphoric ester groups is 1. The molecule has 0 saturated carbocycles. The Kier molecular flexibility index (Phi) is 47.7. The number of carbonyl (C=O) groups excluding carboxylic acids is 2. The Balaban J connectivity index is 3.87. The van der Waals surface area contributed by atoms with Gasteiger partial charge in [0.25, 0.3) is 0 Å². The summed E-state index contributed by atoms with van der Waals surface area (Å²) in [5, 5.41) is 0. The second-order valence-electron chi connectivity index (χ2n) is 17.8. The highest BCUT2D eigenvalue weighted by molar-refractivity contribution is 7.47. The summed E-state index contributed by atoms with van der Waals surface area (Å²) in [6, 6.07) is 0. The number of nitrogens with two attached hydrogens (primary N) is 1. The molecule has 0 radical (unpaired) electrons. The van der Waals surface area contributed by atoms with Crippen molar-refractivity contribution in [1.29, 1.82) is 0 Å². The van der Waals surface area contributed by atoms with Crippen LogP contribution >= 0.6 is 7.82 Å². The number of ether oxygens (including phenoxy) is 2. The van der Waals surface area contributed by atoms with Gasteiger partial charge in [-0.05, 0) is 38.5 Å². The highest BCUT2D eigenvalue weighted by Crippen LogP contribution is 2.43. The number of carbonyl (C=O) groups is 2. The summed E-state index contributed by atoms with van der Waals surface area (Å²) in [7, 11) is -4.38. The van der Waals surface area contributed by atoms with Crippen molar-refractivity contribution >= 4 is 19.8 Å². The Hall–Kier alpha value is -1.51. The van der Waals surface area contributed by atoms with Crippen LogP contribution in [0.1, 0.15) is 264 Å². The monoisotopic (exact) mass is 898 g/mol. The maximum atomic E-state index is 12.6. The molecule has 3 N–H and O–H groups in total. The first kappa shape index (κ1) is 60.5. The number of allylic oxidation sites excluding steroid dienone is 4. The number of phosphoric acid groups is 1. The maximum Gasteiger partial charge on any atom is 0.472 e. The third-order valence-corrected chi connectivity index (χ3v) is 12.6. The van der Waals surface area contributed by atoms with Gasteiger partial charge in [-0.1, -0.05) is 237 Å². The standard InChI is InChI=1S/C52H100NO8P/c1-3-5-7-9-11-13-15-17-18-19-20-21-22-23-24-25-26-27-28-29-30-31-33-34-36-38-40-42-44-51(54)58-48-50(49-60-62(56,57)59-47-46-53)61-52(55)45-43-41-39-37-35-32-16-14-12-10-8-6-4-2/h8,10,14,16,50H,3-7,9,11-13,15,17-49,53H2,1-2H3,(H,56,57)/b10-8-,16-14-. The zero-order valence-electron chi connectivity index (χ0n) is 40.6. The minimum atomic E-state index is -4.38. The van der Waals surface area contributed by atoms with E-state index in [1.54, 1.807) is 0 Å². The third-order valence-electron chi connectivity index (χ3n) is 11.6. The first-order valence-corrected chi connectivity index (χ1v) is 27.8. The first-order chi connectivity index (χ1) is 30.3. The molecule has 62 heavy (non-hydrogen) atoms. The van der Waals surface area contributed by atoms with Crippen LogP contribution < -0.4 is 5.73 Å². The van der Waals surface area contributed by atoms with E-state index in [9.17, 15) is 19.0 Å². The SMILES string of the molecule is CCC/C=C\C/C=C\CCCCCCCC(=O)OC(COC(=O)CCCCCCCCCCCCCCCCCCCCCCCCCCCCCC)COP(=O)(O)OCCN. The summed E-state index contributed by atoms with van der Waals surface area (Å²) in [5.41, 5.74) is 5.36. The van der Waals surface area contributed by atoms with Gasteiger partial charge in [0.15, 0.2) is 6.10 Å². The van der Waals surface area contributed by atoms with Crippen molar-refractivity contribution in [1.82, 2.24) is 0 Å². The molecular formula is C52H100NO8P. The molecule has 2 atom stereocenters. The Bertz CT molecular complexity index is 1070. The number of rotatable bonds is 50. The fraction of sp³-hybridized carbons (Fsp3) is 0.885. The van der Waals surface area contributed by atoms with Gasteiger partial charge in [0.2, 0.25) is 0 Å². The highest BCUT2D eigenvalue weighted by Gasteiger charge is 2.26. The van der Waals surface area contributed by atoms with Crippen molar-refractivity contribution in [2.24, 2.45) is 5.73 Å². The first-order valence-electron chi connectivity index (χ1n) is 26.3. The minimum Gasteiger partial charge on any atom is -0.462 e. The zero-order valence-corrected chi connectivity index (χ0v) is 41.5. The normalized spacial score (nSPS) is 13.3. The van der Waals surface area contributed by atoms with Crippen LogP contribution in [0.15, 0.2) is 24.3 Å². The number of hydrogen-bond acceptors (Lipinski definition) is 8. The lowest BCUT2D eigenvalue weighted by molar-refractivity contribution is -0.161. The van der Waals surface area contributed by atoms with Gasteiger partial charge in [-0.2, -0.15) is 0 Å². The molecule has 0 spiro atoms. The molecule has 366 valence electrons. The summed E-state index contributed by atoms with van der Waals surface area (Å²) in [6.45, 7) is 3.69. The molecule has 0 bridgehead atoms. The topological polar surface area (TPSA) is 134 Å². The van der Waals surface area contributed by atoms with E-state index < -0.39 is 26.5 Å². The van der Waals surface area contributed by atoms with Crippen LogP contribution in [0.25, 0.3) is 0 Å². The largest absolute Gasteiger partial charge is 0.472 e. The van der Waals surface area contributed by atoms with Crippen LogP contribution in [-0.4, -0.2) is 49.3 Å². The van der Waals surface area contributed by atoms with Gasteiger partial charge in [-0.3, -0.25) is 18.6 Å². The average Bonchev–Trinajstić information content (AvgIpc) is 3.26. The van der Waals surface area contributed by atoms with Crippen LogP contribution in [0.4, 0.5) is 0 Å². The van der Waals surface area contributed by atoms with Crippen molar-refractivity contribution in [3.8, 4) is 0 Å². The fourth-order valence-electron chi connectivity index (χ4n) is 7.68. The quantitative estimate of drug-likeness (QED) is 0.0265. The van der Waals surface area contributed by atoms with E-state index in [-0.39, 0.29) is 38.6 Å². The van der Waals surface area contributed by atoms with Crippen molar-refractivity contribution in [3.63, 3.8) is 0 Å². The second kappa shape index (κ2) is 48.9. The number of esters is 2. The molecule has 0 fully saturated rings. The molecule has 0 amide bonds. The average molecular weight is 898 g/mol. The molecule has 0 rings (SSSR count). The smallest absolute Gasteiger partial charge is 0.462 e. The van der Waals surface area contributed by atoms with Gasteiger partial charge in [-0.15, -0.1) is 0 Å². The van der Waals surface area contributed by atoms with E-state index in [1.807, 2.05) is 0 Å². The fourth-order valence-corrected chi connectivity index (χ4v) is 8.44. The molecule has 0 aliphatic rings. The van der Waals surface area contributed by atoms with Gasteiger partial charge in [0, 0.05) is 19.4 Å². The maximum absolute atomic E-state index is 12.6. The van der Waals surface area contributed by atoms with Crippen molar-refractivity contribution in [2.75, 3.05) is 26.4 Å². The molecule has 0 aliphatic carbocycles. The summed E-state index contributed by atoms with van der Waals surface area (Å²) in [4.78, 5) is 35.0. The summed E-state index contributed by atoms with van der Waals surface area (Å²) < 4.78 is 32.9. The lowest BCUT2D eigenvalue weighted by atomic mass is 10.0. The molecule has 2 unspecified atom stereocenters. The van der Waals surface area contributed by atoms with Crippen LogP contribution in [-0.2, 0) is 32.7 Å². The zero-order chi connectivity index (χ0) is 45.3.